The molecule has 0 unspecified atom stereocenters. The average Bonchev–Trinajstić information content (AvgIpc) is 2.44. The molecule has 0 saturated carbocycles. The number of benzene rings is 1. The predicted molar refractivity (Wildman–Crippen MR) is 84.4 cm³/mol. The molecule has 0 aliphatic rings. The Morgan fingerprint density at radius 3 is 2.35 bits per heavy atom. The Balaban J connectivity index is 2.26. The highest BCUT2D eigenvalue weighted by Gasteiger charge is 2.12. The predicted octanol–water partition coefficient (Wildman–Crippen LogP) is 3.95. The molecule has 0 aliphatic carbocycles. The summed E-state index contributed by atoms with van der Waals surface area (Å²) in [7, 11) is 2.03. The van der Waals surface area contributed by atoms with Crippen molar-refractivity contribution in [2.75, 3.05) is 11.9 Å². The van der Waals surface area contributed by atoms with Gasteiger partial charge in [-0.2, -0.15) is 0 Å². The molecule has 0 aliphatic heterocycles. The van der Waals surface area contributed by atoms with E-state index >= 15 is 0 Å². The fourth-order valence-corrected chi connectivity index (χ4v) is 2.27. The highest BCUT2D eigenvalue weighted by Crippen LogP contribution is 2.24. The Bertz CT molecular complexity index is 593. The second-order valence-electron chi connectivity index (χ2n) is 5.07. The molecule has 1 aromatic heterocycles. The third kappa shape index (κ3) is 3.28. The number of halogens is 1. The summed E-state index contributed by atoms with van der Waals surface area (Å²) in [5.74, 6) is 1.69. The second-order valence-corrected chi connectivity index (χ2v) is 5.43. The van der Waals surface area contributed by atoms with Crippen LogP contribution < -0.4 is 4.90 Å². The van der Waals surface area contributed by atoms with Gasteiger partial charge in [0.05, 0.1) is 0 Å². The van der Waals surface area contributed by atoms with Crippen LogP contribution in [0.3, 0.4) is 0 Å². The van der Waals surface area contributed by atoms with Crippen LogP contribution in [0.15, 0.2) is 24.3 Å². The van der Waals surface area contributed by atoms with Gasteiger partial charge in [-0.15, -0.1) is 0 Å². The average molecular weight is 290 g/mol. The SMILES string of the molecule is CCc1nc(Cl)c(C)c(N(C)Cc2ccc(C)cc2)n1. The summed E-state index contributed by atoms with van der Waals surface area (Å²) < 4.78 is 0. The lowest BCUT2D eigenvalue weighted by Crippen LogP contribution is -2.20. The summed E-state index contributed by atoms with van der Waals surface area (Å²) in [6, 6.07) is 8.54. The van der Waals surface area contributed by atoms with Crippen LogP contribution in [0.1, 0.15) is 29.4 Å². The Morgan fingerprint density at radius 2 is 1.75 bits per heavy atom. The molecule has 1 aromatic carbocycles. The molecule has 0 atom stereocenters. The fourth-order valence-electron chi connectivity index (χ4n) is 2.09. The van der Waals surface area contributed by atoms with Gasteiger partial charge in [0.1, 0.15) is 16.8 Å². The van der Waals surface area contributed by atoms with E-state index in [9.17, 15) is 0 Å². The summed E-state index contributed by atoms with van der Waals surface area (Å²) in [4.78, 5) is 11.0. The van der Waals surface area contributed by atoms with Gasteiger partial charge in [-0.1, -0.05) is 48.4 Å². The molecular formula is C16H20ClN3. The number of anilines is 1. The Morgan fingerprint density at radius 1 is 1.10 bits per heavy atom. The third-order valence-corrected chi connectivity index (χ3v) is 3.69. The van der Waals surface area contributed by atoms with E-state index in [4.69, 9.17) is 11.6 Å². The van der Waals surface area contributed by atoms with Crippen molar-refractivity contribution in [3.8, 4) is 0 Å². The molecule has 1 heterocycles. The molecule has 0 N–H and O–H groups in total. The van der Waals surface area contributed by atoms with Crippen LogP contribution in [0.5, 0.6) is 0 Å². The molecular weight excluding hydrogens is 270 g/mol. The molecule has 20 heavy (non-hydrogen) atoms. The zero-order chi connectivity index (χ0) is 14.7. The Labute approximate surface area is 125 Å². The summed E-state index contributed by atoms with van der Waals surface area (Å²) in [6.07, 6.45) is 0.783. The number of nitrogens with zero attached hydrogens (tertiary/aromatic N) is 3. The highest BCUT2D eigenvalue weighted by atomic mass is 35.5. The monoisotopic (exact) mass is 289 g/mol. The molecule has 3 nitrogen and oxygen atoms in total. The lowest BCUT2D eigenvalue weighted by Gasteiger charge is -2.21. The summed E-state index contributed by atoms with van der Waals surface area (Å²) in [6.45, 7) is 6.89. The maximum absolute atomic E-state index is 6.19. The van der Waals surface area contributed by atoms with Crippen LogP contribution in [0.25, 0.3) is 0 Å². The van der Waals surface area contributed by atoms with Gasteiger partial charge in [0.2, 0.25) is 0 Å². The second kappa shape index (κ2) is 6.23. The molecule has 0 amide bonds. The maximum atomic E-state index is 6.19. The topological polar surface area (TPSA) is 29.0 Å². The summed E-state index contributed by atoms with van der Waals surface area (Å²) in [5, 5.41) is 0.544. The van der Waals surface area contributed by atoms with Crippen LogP contribution in [-0.2, 0) is 13.0 Å². The van der Waals surface area contributed by atoms with E-state index in [1.165, 1.54) is 11.1 Å². The number of rotatable bonds is 4. The van der Waals surface area contributed by atoms with Crippen LogP contribution in [0.2, 0.25) is 5.15 Å². The van der Waals surface area contributed by atoms with Gasteiger partial charge in [0.15, 0.2) is 0 Å². The summed E-state index contributed by atoms with van der Waals surface area (Å²) >= 11 is 6.19. The molecule has 4 heteroatoms. The smallest absolute Gasteiger partial charge is 0.137 e. The van der Waals surface area contributed by atoms with Crippen molar-refractivity contribution in [2.24, 2.45) is 0 Å². The first kappa shape index (κ1) is 14.8. The first-order valence-electron chi connectivity index (χ1n) is 6.81. The van der Waals surface area contributed by atoms with Gasteiger partial charge in [0.25, 0.3) is 0 Å². The lowest BCUT2D eigenvalue weighted by atomic mass is 10.1. The van der Waals surface area contributed by atoms with Gasteiger partial charge in [-0.25, -0.2) is 9.97 Å². The van der Waals surface area contributed by atoms with E-state index in [2.05, 4.69) is 46.1 Å². The Hall–Kier alpha value is -1.61. The number of hydrogen-bond acceptors (Lipinski definition) is 3. The lowest BCUT2D eigenvalue weighted by molar-refractivity contribution is 0.849. The molecule has 0 fully saturated rings. The van der Waals surface area contributed by atoms with Crippen LogP contribution in [0.4, 0.5) is 5.82 Å². The minimum Gasteiger partial charge on any atom is -0.355 e. The van der Waals surface area contributed by atoms with Gasteiger partial charge in [0, 0.05) is 25.6 Å². The largest absolute Gasteiger partial charge is 0.355 e. The minimum absolute atomic E-state index is 0.544. The number of hydrogen-bond donors (Lipinski definition) is 0. The molecule has 0 radical (unpaired) electrons. The van der Waals surface area contributed by atoms with Gasteiger partial charge >= 0.3 is 0 Å². The van der Waals surface area contributed by atoms with Crippen LogP contribution in [-0.4, -0.2) is 17.0 Å². The van der Waals surface area contributed by atoms with Gasteiger partial charge < -0.3 is 4.90 Å². The molecule has 2 rings (SSSR count). The highest BCUT2D eigenvalue weighted by molar-refractivity contribution is 6.30. The molecule has 0 saturated heterocycles. The fraction of sp³-hybridized carbons (Fsp3) is 0.375. The summed E-state index contributed by atoms with van der Waals surface area (Å²) in [5.41, 5.74) is 3.45. The quantitative estimate of drug-likeness (QED) is 0.798. The zero-order valence-corrected chi connectivity index (χ0v) is 13.2. The molecule has 106 valence electrons. The molecule has 2 aromatic rings. The maximum Gasteiger partial charge on any atom is 0.137 e. The van der Waals surface area contributed by atoms with Gasteiger partial charge in [-0.05, 0) is 19.4 Å². The van der Waals surface area contributed by atoms with E-state index in [-0.39, 0.29) is 0 Å². The van der Waals surface area contributed by atoms with Crippen molar-refractivity contribution in [1.29, 1.82) is 0 Å². The van der Waals surface area contributed by atoms with Crippen molar-refractivity contribution in [1.82, 2.24) is 9.97 Å². The minimum atomic E-state index is 0.544. The van der Waals surface area contributed by atoms with Crippen molar-refractivity contribution in [3.63, 3.8) is 0 Å². The molecule has 0 spiro atoms. The third-order valence-electron chi connectivity index (χ3n) is 3.33. The van der Waals surface area contributed by atoms with Crippen molar-refractivity contribution in [2.45, 2.75) is 33.7 Å². The van der Waals surface area contributed by atoms with Gasteiger partial charge in [-0.3, -0.25) is 0 Å². The first-order chi connectivity index (χ1) is 9.51. The first-order valence-corrected chi connectivity index (χ1v) is 7.18. The molecule has 0 bridgehead atoms. The number of aryl methyl sites for hydroxylation is 2. The van der Waals surface area contributed by atoms with Crippen LogP contribution in [0, 0.1) is 13.8 Å². The zero-order valence-electron chi connectivity index (χ0n) is 12.4. The van der Waals surface area contributed by atoms with E-state index in [0.29, 0.717) is 5.15 Å². The Kier molecular flexibility index (Phi) is 4.61. The standard InChI is InChI=1S/C16H20ClN3/c1-5-14-18-15(17)12(3)16(19-14)20(4)10-13-8-6-11(2)7-9-13/h6-9H,5,10H2,1-4H3. The normalized spacial score (nSPS) is 10.7. The van der Waals surface area contributed by atoms with Crippen molar-refractivity contribution in [3.05, 3.63) is 51.9 Å². The van der Waals surface area contributed by atoms with Crippen molar-refractivity contribution < 1.29 is 0 Å². The van der Waals surface area contributed by atoms with E-state index in [1.807, 2.05) is 20.9 Å². The van der Waals surface area contributed by atoms with E-state index < -0.39 is 0 Å². The van der Waals surface area contributed by atoms with E-state index in [1.54, 1.807) is 0 Å². The number of aromatic nitrogens is 2. The van der Waals surface area contributed by atoms with E-state index in [0.717, 1.165) is 30.2 Å². The van der Waals surface area contributed by atoms with Crippen molar-refractivity contribution >= 4 is 17.4 Å². The van der Waals surface area contributed by atoms with Crippen LogP contribution >= 0.6 is 11.6 Å².